The van der Waals surface area contributed by atoms with E-state index in [9.17, 15) is 0 Å². The molecule has 0 saturated carbocycles. The van der Waals surface area contributed by atoms with Crippen LogP contribution in [0.15, 0.2) is 24.4 Å². The zero-order valence-corrected chi connectivity index (χ0v) is 13.4. The fourth-order valence-corrected chi connectivity index (χ4v) is 3.54. The molecule has 0 aliphatic heterocycles. The zero-order chi connectivity index (χ0) is 14.4. The van der Waals surface area contributed by atoms with Gasteiger partial charge in [0.05, 0.1) is 9.71 Å². The van der Waals surface area contributed by atoms with Crippen LogP contribution in [0, 0.1) is 27.7 Å². The van der Waals surface area contributed by atoms with Crippen molar-refractivity contribution in [1.29, 1.82) is 0 Å². The lowest BCUT2D eigenvalue weighted by Crippen LogP contribution is -2.30. The number of thiazole rings is 1. The Kier molecular flexibility index (Phi) is 3.09. The van der Waals surface area contributed by atoms with E-state index in [1.807, 2.05) is 0 Å². The van der Waals surface area contributed by atoms with Crippen molar-refractivity contribution in [2.75, 3.05) is 0 Å². The van der Waals surface area contributed by atoms with Crippen molar-refractivity contribution >= 4 is 21.6 Å². The Morgan fingerprint density at radius 1 is 1.05 bits per heavy atom. The summed E-state index contributed by atoms with van der Waals surface area (Å²) in [6.07, 6.45) is 2.13. The summed E-state index contributed by atoms with van der Waals surface area (Å²) in [5.74, 6) is 0. The van der Waals surface area contributed by atoms with E-state index in [-0.39, 0.29) is 0 Å². The molecule has 2 nitrogen and oxygen atoms in total. The van der Waals surface area contributed by atoms with Crippen molar-refractivity contribution in [2.45, 2.75) is 27.7 Å². The predicted molar refractivity (Wildman–Crippen MR) is 85.2 cm³/mol. The smallest absolute Gasteiger partial charge is 0.214 e. The number of nitrogens with zero attached hydrogens (tertiary/aromatic N) is 2. The van der Waals surface area contributed by atoms with Crippen LogP contribution in [-0.2, 0) is 7.05 Å². The maximum absolute atomic E-state index is 4.56. The van der Waals surface area contributed by atoms with Gasteiger partial charge in [0, 0.05) is 11.6 Å². The molecule has 0 atom stereocenters. The molecule has 2 heterocycles. The highest BCUT2D eigenvalue weighted by Crippen LogP contribution is 2.28. The van der Waals surface area contributed by atoms with E-state index in [0.29, 0.717) is 0 Å². The van der Waals surface area contributed by atoms with E-state index in [1.54, 1.807) is 11.3 Å². The lowest BCUT2D eigenvalue weighted by molar-refractivity contribution is -0.659. The van der Waals surface area contributed by atoms with Gasteiger partial charge in [-0.25, -0.2) is 4.98 Å². The second-order valence-electron chi connectivity index (χ2n) is 5.51. The first-order valence-electron chi connectivity index (χ1n) is 6.81. The van der Waals surface area contributed by atoms with Gasteiger partial charge in [0.15, 0.2) is 6.20 Å². The first kappa shape index (κ1) is 13.3. The molecule has 3 rings (SSSR count). The molecular weight excluding hydrogens is 264 g/mol. The lowest BCUT2D eigenvalue weighted by Gasteiger charge is -2.09. The highest BCUT2D eigenvalue weighted by atomic mass is 32.1. The van der Waals surface area contributed by atoms with Crippen molar-refractivity contribution in [2.24, 2.45) is 7.05 Å². The van der Waals surface area contributed by atoms with Gasteiger partial charge >= 0.3 is 0 Å². The van der Waals surface area contributed by atoms with Gasteiger partial charge in [0.1, 0.15) is 12.6 Å². The van der Waals surface area contributed by atoms with Crippen molar-refractivity contribution in [1.82, 2.24) is 4.98 Å². The average Bonchev–Trinajstić information content (AvgIpc) is 2.72. The first-order valence-corrected chi connectivity index (χ1v) is 7.62. The predicted octanol–water partition coefficient (Wildman–Crippen LogP) is 4.02. The highest BCUT2D eigenvalue weighted by Gasteiger charge is 2.17. The third kappa shape index (κ3) is 2.12. The average molecular weight is 283 g/mol. The maximum Gasteiger partial charge on any atom is 0.214 e. The number of rotatable bonds is 1. The number of aryl methyl sites for hydroxylation is 4. The lowest BCUT2D eigenvalue weighted by atomic mass is 9.97. The number of hydrogen-bond acceptors (Lipinski definition) is 2. The minimum absolute atomic E-state index is 1.08. The Hall–Kier alpha value is -1.74. The quantitative estimate of drug-likeness (QED) is 0.616. The largest absolute Gasteiger partial charge is 0.235 e. The van der Waals surface area contributed by atoms with Gasteiger partial charge < -0.3 is 0 Å². The van der Waals surface area contributed by atoms with Gasteiger partial charge in [0.2, 0.25) is 5.69 Å². The van der Waals surface area contributed by atoms with Gasteiger partial charge in [-0.1, -0.05) is 11.6 Å². The molecule has 0 aliphatic carbocycles. The third-order valence-corrected chi connectivity index (χ3v) is 4.77. The van der Waals surface area contributed by atoms with E-state index in [2.05, 4.69) is 68.7 Å². The van der Waals surface area contributed by atoms with Crippen LogP contribution >= 0.6 is 11.3 Å². The topological polar surface area (TPSA) is 16.8 Å². The Bertz CT molecular complexity index is 815. The van der Waals surface area contributed by atoms with Gasteiger partial charge in [0.25, 0.3) is 0 Å². The fourth-order valence-electron chi connectivity index (χ4n) is 2.71. The van der Waals surface area contributed by atoms with Crippen LogP contribution < -0.4 is 4.57 Å². The molecule has 0 unspecified atom stereocenters. The van der Waals surface area contributed by atoms with Crippen LogP contribution in [0.4, 0.5) is 0 Å². The minimum atomic E-state index is 1.08. The summed E-state index contributed by atoms with van der Waals surface area (Å²) >= 11 is 1.76. The second-order valence-corrected chi connectivity index (χ2v) is 6.74. The van der Waals surface area contributed by atoms with Crippen LogP contribution in [0.2, 0.25) is 0 Å². The molecule has 1 aromatic carbocycles. The molecule has 3 heteroatoms. The minimum Gasteiger partial charge on any atom is -0.235 e. The summed E-state index contributed by atoms with van der Waals surface area (Å²) in [6.45, 7) is 8.60. The van der Waals surface area contributed by atoms with Crippen LogP contribution in [0.25, 0.3) is 21.5 Å². The zero-order valence-electron chi connectivity index (χ0n) is 12.6. The van der Waals surface area contributed by atoms with Gasteiger partial charge in [-0.15, -0.1) is 11.3 Å². The van der Waals surface area contributed by atoms with Gasteiger partial charge in [-0.05, 0) is 44.9 Å². The number of aromatic nitrogens is 2. The molecule has 0 aliphatic rings. The summed E-state index contributed by atoms with van der Waals surface area (Å²) < 4.78 is 3.44. The Morgan fingerprint density at radius 3 is 2.55 bits per heavy atom. The van der Waals surface area contributed by atoms with Crippen molar-refractivity contribution < 1.29 is 4.57 Å². The van der Waals surface area contributed by atoms with Crippen molar-refractivity contribution in [3.8, 4) is 11.3 Å². The van der Waals surface area contributed by atoms with E-state index >= 15 is 0 Å². The molecule has 0 spiro atoms. The molecule has 102 valence electrons. The molecule has 0 bridgehead atoms. The molecule has 3 aromatic rings. The van der Waals surface area contributed by atoms with Crippen LogP contribution in [0.5, 0.6) is 0 Å². The summed E-state index contributed by atoms with van der Waals surface area (Å²) in [7, 11) is 2.10. The van der Waals surface area contributed by atoms with E-state index in [4.69, 9.17) is 0 Å². The summed E-state index contributed by atoms with van der Waals surface area (Å²) in [5, 5.41) is 1.12. The standard InChI is InChI=1S/C17H19N2S/c1-10-6-11(2)12(3)14(7-10)16-8-17-15(9-19(16)5)18-13(4)20-17/h6-9H,1-5H3/q+1. The van der Waals surface area contributed by atoms with Crippen molar-refractivity contribution in [3.05, 3.63) is 46.1 Å². The number of hydrogen-bond donors (Lipinski definition) is 0. The van der Waals surface area contributed by atoms with Crippen LogP contribution in [0.3, 0.4) is 0 Å². The molecule has 0 fully saturated rings. The maximum atomic E-state index is 4.56. The van der Waals surface area contributed by atoms with Crippen LogP contribution in [0.1, 0.15) is 21.7 Å². The SMILES string of the molecule is Cc1cc(C)c(C)c(-c2cc3sc(C)nc3c[n+]2C)c1. The number of pyridine rings is 1. The second kappa shape index (κ2) is 4.67. The van der Waals surface area contributed by atoms with E-state index in [1.165, 1.54) is 32.6 Å². The monoisotopic (exact) mass is 283 g/mol. The Labute approximate surface area is 123 Å². The summed E-state index contributed by atoms with van der Waals surface area (Å²) in [4.78, 5) is 4.56. The number of benzene rings is 1. The molecular formula is C17H19N2S+. The Balaban J connectivity index is 2.31. The molecule has 2 aromatic heterocycles. The first-order chi connectivity index (χ1) is 9.45. The van der Waals surface area contributed by atoms with E-state index in [0.717, 1.165) is 10.5 Å². The third-order valence-electron chi connectivity index (χ3n) is 3.84. The molecule has 20 heavy (non-hydrogen) atoms. The van der Waals surface area contributed by atoms with Crippen LogP contribution in [-0.4, -0.2) is 4.98 Å². The fraction of sp³-hybridized carbons (Fsp3) is 0.294. The molecule has 0 saturated heterocycles. The van der Waals surface area contributed by atoms with Gasteiger partial charge in [-0.3, -0.25) is 0 Å². The number of fused-ring (bicyclic) bond motifs is 1. The highest BCUT2D eigenvalue weighted by molar-refractivity contribution is 7.18. The van der Waals surface area contributed by atoms with Gasteiger partial charge in [-0.2, -0.15) is 4.57 Å². The summed E-state index contributed by atoms with van der Waals surface area (Å²) in [6, 6.07) is 6.78. The molecule has 0 N–H and O–H groups in total. The Morgan fingerprint density at radius 2 is 1.80 bits per heavy atom. The molecule has 0 radical (unpaired) electrons. The van der Waals surface area contributed by atoms with Crippen molar-refractivity contribution in [3.63, 3.8) is 0 Å². The molecule has 0 amide bonds. The normalized spacial score (nSPS) is 11.2. The summed E-state index contributed by atoms with van der Waals surface area (Å²) in [5.41, 5.74) is 7.67. The van der Waals surface area contributed by atoms with E-state index < -0.39 is 0 Å².